The van der Waals surface area contributed by atoms with Gasteiger partial charge in [-0.2, -0.15) is 0 Å². The normalized spacial score (nSPS) is 30.4. The van der Waals surface area contributed by atoms with Crippen LogP contribution >= 0.6 is 11.8 Å². The van der Waals surface area contributed by atoms with Gasteiger partial charge in [0.1, 0.15) is 23.7 Å². The molecule has 4 unspecified atom stereocenters. The van der Waals surface area contributed by atoms with Gasteiger partial charge in [0.15, 0.2) is 12.4 Å². The second-order valence-corrected chi connectivity index (χ2v) is 8.89. The lowest BCUT2D eigenvalue weighted by Gasteiger charge is -2.48. The molecular weight excluding hydrogens is 416 g/mol. The molecule has 0 amide bonds. The van der Waals surface area contributed by atoms with Gasteiger partial charge in [-0.1, -0.05) is 67.6 Å². The number of carbonyl (C=O) groups is 1. The summed E-state index contributed by atoms with van der Waals surface area (Å²) < 4.78 is 30.7. The van der Waals surface area contributed by atoms with Gasteiger partial charge in [0.25, 0.3) is 0 Å². The lowest BCUT2D eigenvalue weighted by molar-refractivity contribution is -0.326. The van der Waals surface area contributed by atoms with Crippen molar-refractivity contribution in [3.05, 3.63) is 71.8 Å². The van der Waals surface area contributed by atoms with Gasteiger partial charge >= 0.3 is 5.97 Å². The van der Waals surface area contributed by atoms with Crippen LogP contribution in [0.2, 0.25) is 0 Å². The van der Waals surface area contributed by atoms with Crippen LogP contribution in [0.1, 0.15) is 31.3 Å². The zero-order chi connectivity index (χ0) is 21.6. The predicted molar refractivity (Wildman–Crippen MR) is 117 cm³/mol. The highest BCUT2D eigenvalue weighted by Gasteiger charge is 2.52. The summed E-state index contributed by atoms with van der Waals surface area (Å²) in [5, 5.41) is 0. The molecule has 0 aromatic heterocycles. The molecule has 2 aliphatic heterocycles. The first-order valence-electron chi connectivity index (χ1n) is 10.6. The summed E-state index contributed by atoms with van der Waals surface area (Å²) in [6.45, 7) is 4.22. The smallest absolute Gasteiger partial charge is 0.303 e. The molecule has 0 spiro atoms. The predicted octanol–water partition coefficient (Wildman–Crippen LogP) is 4.10. The Balaban J connectivity index is 1.59. The van der Waals surface area contributed by atoms with Crippen LogP contribution in [-0.4, -0.2) is 48.2 Å². The largest absolute Gasteiger partial charge is 0.456 e. The Morgan fingerprint density at radius 3 is 2.42 bits per heavy atom. The van der Waals surface area contributed by atoms with E-state index < -0.39 is 24.6 Å². The van der Waals surface area contributed by atoms with Crippen molar-refractivity contribution in [2.75, 3.05) is 12.4 Å². The number of ether oxygens (including phenoxy) is 5. The van der Waals surface area contributed by atoms with Crippen LogP contribution in [-0.2, 0) is 35.1 Å². The zero-order valence-corrected chi connectivity index (χ0v) is 18.5. The summed E-state index contributed by atoms with van der Waals surface area (Å²) in [6.07, 6.45) is -2.33. The molecule has 2 aliphatic rings. The van der Waals surface area contributed by atoms with Gasteiger partial charge in [0.05, 0.1) is 13.2 Å². The van der Waals surface area contributed by atoms with E-state index in [1.54, 1.807) is 11.8 Å². The van der Waals surface area contributed by atoms with Crippen LogP contribution in [0.4, 0.5) is 0 Å². The fraction of sp³-hybridized carbons (Fsp3) is 0.458. The van der Waals surface area contributed by atoms with Gasteiger partial charge < -0.3 is 23.7 Å². The molecule has 0 radical (unpaired) electrons. The fourth-order valence-electron chi connectivity index (χ4n) is 3.90. The molecule has 0 bridgehead atoms. The average molecular weight is 445 g/mol. The maximum absolute atomic E-state index is 11.9. The average Bonchev–Trinajstić information content (AvgIpc) is 2.79. The number of esters is 1. The number of carbonyl (C=O) groups excluding carboxylic acids is 1. The standard InChI is InChI=1S/C24H28O6S/c1-3-31-24-22(28-16(2)25)21(26-14-17-10-6-4-7-11-17)20-19(29-24)15-27-23(30-20)18-12-8-5-9-13-18/h4-13,19-24H,3,14-15H2,1-2H3/t19?,20-,21?,22?,23?,24+/m1/s1. The summed E-state index contributed by atoms with van der Waals surface area (Å²) in [6, 6.07) is 19.7. The Bertz CT molecular complexity index is 832. The van der Waals surface area contributed by atoms with Gasteiger partial charge in [0, 0.05) is 12.5 Å². The van der Waals surface area contributed by atoms with Crippen molar-refractivity contribution in [3.8, 4) is 0 Å². The first-order valence-corrected chi connectivity index (χ1v) is 11.6. The van der Waals surface area contributed by atoms with Gasteiger partial charge in [-0.05, 0) is 11.3 Å². The maximum atomic E-state index is 11.9. The van der Waals surface area contributed by atoms with Crippen molar-refractivity contribution >= 4 is 17.7 Å². The molecule has 2 saturated heterocycles. The fourth-order valence-corrected chi connectivity index (χ4v) is 4.85. The quantitative estimate of drug-likeness (QED) is 0.596. The Morgan fingerprint density at radius 1 is 1.03 bits per heavy atom. The highest BCUT2D eigenvalue weighted by Crippen LogP contribution is 2.39. The number of rotatable bonds is 7. The Hall–Kier alpha value is -1.90. The molecule has 2 aromatic carbocycles. The highest BCUT2D eigenvalue weighted by molar-refractivity contribution is 7.99. The van der Waals surface area contributed by atoms with E-state index in [0.29, 0.717) is 13.2 Å². The SMILES string of the molecule is CCS[C@@H]1OC2COC(c3ccccc3)O[C@H]2C(OCc2ccccc2)C1OC(C)=O. The molecule has 6 nitrogen and oxygen atoms in total. The summed E-state index contributed by atoms with van der Waals surface area (Å²) in [4.78, 5) is 11.9. The monoisotopic (exact) mass is 444 g/mol. The van der Waals surface area contributed by atoms with Crippen LogP contribution in [0, 0.1) is 0 Å². The molecule has 2 fully saturated rings. The summed E-state index contributed by atoms with van der Waals surface area (Å²) in [5.74, 6) is 0.452. The third-order valence-electron chi connectivity index (χ3n) is 5.27. The van der Waals surface area contributed by atoms with E-state index >= 15 is 0 Å². The lowest BCUT2D eigenvalue weighted by atomic mass is 9.98. The molecule has 4 rings (SSSR count). The third kappa shape index (κ3) is 5.48. The van der Waals surface area contributed by atoms with Crippen molar-refractivity contribution in [2.45, 2.75) is 56.6 Å². The van der Waals surface area contributed by atoms with Gasteiger partial charge in [0.2, 0.25) is 0 Å². The highest BCUT2D eigenvalue weighted by atomic mass is 32.2. The molecule has 0 aliphatic carbocycles. The minimum Gasteiger partial charge on any atom is -0.456 e. The summed E-state index contributed by atoms with van der Waals surface area (Å²) in [7, 11) is 0. The molecule has 2 aromatic rings. The van der Waals surface area contributed by atoms with E-state index in [0.717, 1.165) is 16.9 Å². The number of fused-ring (bicyclic) bond motifs is 1. The Morgan fingerprint density at radius 2 is 1.74 bits per heavy atom. The molecule has 7 heteroatoms. The second-order valence-electron chi connectivity index (χ2n) is 7.51. The zero-order valence-electron chi connectivity index (χ0n) is 17.7. The van der Waals surface area contributed by atoms with Crippen LogP contribution in [0.5, 0.6) is 0 Å². The molecule has 0 N–H and O–H groups in total. The van der Waals surface area contributed by atoms with E-state index in [1.165, 1.54) is 6.92 Å². The first kappa shape index (κ1) is 22.3. The van der Waals surface area contributed by atoms with E-state index in [-0.39, 0.29) is 17.5 Å². The summed E-state index contributed by atoms with van der Waals surface area (Å²) >= 11 is 1.59. The Labute approximate surface area is 187 Å². The van der Waals surface area contributed by atoms with E-state index in [2.05, 4.69) is 0 Å². The second kappa shape index (κ2) is 10.6. The number of hydrogen-bond donors (Lipinski definition) is 0. The van der Waals surface area contributed by atoms with Gasteiger partial charge in [-0.15, -0.1) is 11.8 Å². The molecule has 166 valence electrons. The Kier molecular flexibility index (Phi) is 7.63. The van der Waals surface area contributed by atoms with Crippen molar-refractivity contribution in [2.24, 2.45) is 0 Å². The van der Waals surface area contributed by atoms with Gasteiger partial charge in [-0.3, -0.25) is 4.79 Å². The van der Waals surface area contributed by atoms with Crippen molar-refractivity contribution in [1.82, 2.24) is 0 Å². The number of hydrogen-bond acceptors (Lipinski definition) is 7. The van der Waals surface area contributed by atoms with Crippen LogP contribution in [0.15, 0.2) is 60.7 Å². The van der Waals surface area contributed by atoms with Crippen LogP contribution in [0.25, 0.3) is 0 Å². The summed E-state index contributed by atoms with van der Waals surface area (Å²) in [5.41, 5.74) is 1.62. The van der Waals surface area contributed by atoms with E-state index in [4.69, 9.17) is 23.7 Å². The third-order valence-corrected chi connectivity index (χ3v) is 6.32. The van der Waals surface area contributed by atoms with E-state index in [1.807, 2.05) is 67.6 Å². The van der Waals surface area contributed by atoms with Crippen LogP contribution in [0.3, 0.4) is 0 Å². The molecule has 31 heavy (non-hydrogen) atoms. The van der Waals surface area contributed by atoms with E-state index in [9.17, 15) is 4.79 Å². The molecule has 0 saturated carbocycles. The van der Waals surface area contributed by atoms with Crippen molar-refractivity contribution < 1.29 is 28.5 Å². The minimum absolute atomic E-state index is 0.309. The minimum atomic E-state index is -0.582. The topological polar surface area (TPSA) is 63.2 Å². The van der Waals surface area contributed by atoms with Crippen molar-refractivity contribution in [3.63, 3.8) is 0 Å². The first-order chi connectivity index (χ1) is 15.2. The van der Waals surface area contributed by atoms with Crippen LogP contribution < -0.4 is 0 Å². The maximum Gasteiger partial charge on any atom is 0.303 e. The molecule has 2 heterocycles. The van der Waals surface area contributed by atoms with Crippen molar-refractivity contribution in [1.29, 1.82) is 0 Å². The number of thioether (sulfide) groups is 1. The lowest BCUT2D eigenvalue weighted by Crippen LogP contribution is -2.62. The van der Waals surface area contributed by atoms with Gasteiger partial charge in [-0.25, -0.2) is 0 Å². The molecule has 6 atom stereocenters. The molecular formula is C24H28O6S. The number of benzene rings is 2.